The van der Waals surface area contributed by atoms with Gasteiger partial charge in [0, 0.05) is 0 Å². The number of aryl methyl sites for hydroxylation is 2. The molecule has 138 valence electrons. The van der Waals surface area contributed by atoms with Crippen molar-refractivity contribution in [2.45, 2.75) is 45.1 Å². The number of carbonyl (C=O) groups is 1. The Morgan fingerprint density at radius 2 is 1.81 bits per heavy atom. The fraction of sp³-hybridized carbons (Fsp3) is 0.409. The number of hydrogen-bond donors (Lipinski definition) is 1. The minimum Gasteiger partial charge on any atom is -0.492 e. The van der Waals surface area contributed by atoms with Gasteiger partial charge in [0.1, 0.15) is 18.1 Å². The maximum absolute atomic E-state index is 12.4. The molecule has 0 radical (unpaired) electrons. The molecule has 0 spiro atoms. The zero-order valence-corrected chi connectivity index (χ0v) is 15.4. The van der Waals surface area contributed by atoms with E-state index in [0.717, 1.165) is 24.3 Å². The molecule has 4 heteroatoms. The molecular formula is C22H27NO3. The number of ether oxygens (including phenoxy) is 2. The molecule has 0 aromatic heterocycles. The normalized spacial score (nSPS) is 14.2. The molecule has 0 saturated heterocycles. The summed E-state index contributed by atoms with van der Waals surface area (Å²) in [6.07, 6.45) is 4.89. The molecule has 2 aromatic rings. The highest BCUT2D eigenvalue weighted by Gasteiger charge is 2.19. The van der Waals surface area contributed by atoms with Gasteiger partial charge in [0.2, 0.25) is 0 Å². The van der Waals surface area contributed by atoms with E-state index in [2.05, 4.69) is 17.4 Å². The first-order valence-corrected chi connectivity index (χ1v) is 9.50. The van der Waals surface area contributed by atoms with Crippen LogP contribution in [-0.2, 0) is 17.6 Å². The van der Waals surface area contributed by atoms with Crippen molar-refractivity contribution in [2.24, 2.45) is 0 Å². The number of carbonyl (C=O) groups excluding carboxylic acids is 1. The summed E-state index contributed by atoms with van der Waals surface area (Å²) >= 11 is 0. The van der Waals surface area contributed by atoms with Crippen LogP contribution in [0.3, 0.4) is 0 Å². The monoisotopic (exact) mass is 353 g/mol. The van der Waals surface area contributed by atoms with Gasteiger partial charge in [-0.05, 0) is 67.5 Å². The minimum atomic E-state index is -0.478. The Morgan fingerprint density at radius 1 is 1.04 bits per heavy atom. The summed E-state index contributed by atoms with van der Waals surface area (Å²) in [6.45, 7) is 2.85. The summed E-state index contributed by atoms with van der Waals surface area (Å²) in [6, 6.07) is 15.8. The van der Waals surface area contributed by atoms with Crippen molar-refractivity contribution < 1.29 is 14.3 Å². The fourth-order valence-corrected chi connectivity index (χ4v) is 3.24. The summed E-state index contributed by atoms with van der Waals surface area (Å²) in [7, 11) is 0. The number of benzene rings is 2. The Hall–Kier alpha value is -2.49. The molecule has 3 rings (SSSR count). The second kappa shape index (κ2) is 9.27. The maximum atomic E-state index is 12.4. The lowest BCUT2D eigenvalue weighted by molar-refractivity contribution is -0.128. The quantitative estimate of drug-likeness (QED) is 0.732. The van der Waals surface area contributed by atoms with E-state index < -0.39 is 6.10 Å². The zero-order valence-electron chi connectivity index (χ0n) is 15.4. The Bertz CT molecular complexity index is 715. The number of amides is 1. The lowest BCUT2D eigenvalue weighted by Crippen LogP contribution is -2.39. The van der Waals surface area contributed by atoms with E-state index in [1.165, 1.54) is 24.0 Å². The third kappa shape index (κ3) is 5.01. The van der Waals surface area contributed by atoms with E-state index in [4.69, 9.17) is 9.47 Å². The second-order valence-corrected chi connectivity index (χ2v) is 6.60. The molecule has 2 aromatic carbocycles. The molecule has 0 fully saturated rings. The molecule has 0 bridgehead atoms. The van der Waals surface area contributed by atoms with Crippen LogP contribution in [0.2, 0.25) is 0 Å². The third-order valence-corrected chi connectivity index (χ3v) is 4.67. The fourth-order valence-electron chi connectivity index (χ4n) is 3.24. The first-order chi connectivity index (χ1) is 12.8. The van der Waals surface area contributed by atoms with Crippen molar-refractivity contribution in [3.8, 4) is 11.5 Å². The molecule has 26 heavy (non-hydrogen) atoms. The number of rotatable bonds is 8. The van der Waals surface area contributed by atoms with Crippen LogP contribution in [0, 0.1) is 0 Å². The highest BCUT2D eigenvalue weighted by molar-refractivity contribution is 5.81. The highest BCUT2D eigenvalue weighted by atomic mass is 16.5. The van der Waals surface area contributed by atoms with Gasteiger partial charge in [0.15, 0.2) is 6.10 Å². The standard InChI is InChI=1S/C22H27NO3/c1-2-21(22(24)23-14-15-25-19-10-4-3-5-11-19)26-20-13-12-17-8-6-7-9-18(17)16-20/h3-5,10-13,16,21H,2,6-9,14-15H2,1H3,(H,23,24). The van der Waals surface area contributed by atoms with Crippen molar-refractivity contribution in [1.29, 1.82) is 0 Å². The van der Waals surface area contributed by atoms with E-state index in [9.17, 15) is 4.79 Å². The Labute approximate surface area is 155 Å². The van der Waals surface area contributed by atoms with Crippen LogP contribution in [0.1, 0.15) is 37.3 Å². The van der Waals surface area contributed by atoms with Gasteiger partial charge in [0.25, 0.3) is 5.91 Å². The Balaban J connectivity index is 1.47. The van der Waals surface area contributed by atoms with Gasteiger partial charge in [-0.25, -0.2) is 0 Å². The molecule has 0 saturated carbocycles. The molecule has 1 unspecified atom stereocenters. The van der Waals surface area contributed by atoms with Crippen molar-refractivity contribution in [2.75, 3.05) is 13.2 Å². The predicted octanol–water partition coefficient (Wildman–Crippen LogP) is 3.92. The van der Waals surface area contributed by atoms with E-state index in [0.29, 0.717) is 19.6 Å². The molecule has 1 atom stereocenters. The SMILES string of the molecule is CCC(Oc1ccc2c(c1)CCCC2)C(=O)NCCOc1ccccc1. The number of hydrogen-bond acceptors (Lipinski definition) is 3. The number of nitrogens with one attached hydrogen (secondary N) is 1. The van der Waals surface area contributed by atoms with Crippen LogP contribution < -0.4 is 14.8 Å². The average molecular weight is 353 g/mol. The topological polar surface area (TPSA) is 47.6 Å². The average Bonchev–Trinajstić information content (AvgIpc) is 2.70. The van der Waals surface area contributed by atoms with Gasteiger partial charge in [-0.1, -0.05) is 31.2 Å². The van der Waals surface area contributed by atoms with Crippen molar-refractivity contribution in [1.82, 2.24) is 5.32 Å². The van der Waals surface area contributed by atoms with Crippen molar-refractivity contribution in [3.05, 3.63) is 59.7 Å². The van der Waals surface area contributed by atoms with Crippen molar-refractivity contribution in [3.63, 3.8) is 0 Å². The summed E-state index contributed by atoms with van der Waals surface area (Å²) in [5.74, 6) is 1.49. The first-order valence-electron chi connectivity index (χ1n) is 9.50. The first kappa shape index (κ1) is 18.3. The van der Waals surface area contributed by atoms with E-state index in [1.807, 2.05) is 43.3 Å². The summed E-state index contributed by atoms with van der Waals surface area (Å²) in [5.41, 5.74) is 2.78. The van der Waals surface area contributed by atoms with Crippen LogP contribution in [0.5, 0.6) is 11.5 Å². The van der Waals surface area contributed by atoms with Crippen LogP contribution in [0.15, 0.2) is 48.5 Å². The number of para-hydroxylation sites is 1. The Morgan fingerprint density at radius 3 is 2.58 bits per heavy atom. The second-order valence-electron chi connectivity index (χ2n) is 6.60. The van der Waals surface area contributed by atoms with Crippen LogP contribution in [-0.4, -0.2) is 25.2 Å². The molecule has 1 amide bonds. The molecule has 0 aliphatic heterocycles. The molecule has 1 N–H and O–H groups in total. The summed E-state index contributed by atoms with van der Waals surface area (Å²) in [4.78, 5) is 12.4. The lowest BCUT2D eigenvalue weighted by atomic mass is 9.92. The zero-order chi connectivity index (χ0) is 18.2. The molecule has 0 heterocycles. The van der Waals surface area contributed by atoms with Gasteiger partial charge >= 0.3 is 0 Å². The third-order valence-electron chi connectivity index (χ3n) is 4.67. The van der Waals surface area contributed by atoms with Gasteiger partial charge in [-0.2, -0.15) is 0 Å². The van der Waals surface area contributed by atoms with Crippen LogP contribution in [0.4, 0.5) is 0 Å². The smallest absolute Gasteiger partial charge is 0.261 e. The van der Waals surface area contributed by atoms with Crippen molar-refractivity contribution >= 4 is 5.91 Å². The lowest BCUT2D eigenvalue weighted by Gasteiger charge is -2.20. The van der Waals surface area contributed by atoms with Gasteiger partial charge in [-0.15, -0.1) is 0 Å². The van der Waals surface area contributed by atoms with Gasteiger partial charge in [-0.3, -0.25) is 4.79 Å². The Kier molecular flexibility index (Phi) is 6.53. The van der Waals surface area contributed by atoms with E-state index >= 15 is 0 Å². The predicted molar refractivity (Wildman–Crippen MR) is 103 cm³/mol. The van der Waals surface area contributed by atoms with E-state index in [-0.39, 0.29) is 5.91 Å². The molecule has 1 aliphatic carbocycles. The van der Waals surface area contributed by atoms with Gasteiger partial charge < -0.3 is 14.8 Å². The molecule has 1 aliphatic rings. The van der Waals surface area contributed by atoms with Crippen LogP contribution in [0.25, 0.3) is 0 Å². The largest absolute Gasteiger partial charge is 0.492 e. The van der Waals surface area contributed by atoms with E-state index in [1.54, 1.807) is 0 Å². The van der Waals surface area contributed by atoms with Crippen LogP contribution >= 0.6 is 0 Å². The molecular weight excluding hydrogens is 326 g/mol. The highest BCUT2D eigenvalue weighted by Crippen LogP contribution is 2.26. The summed E-state index contributed by atoms with van der Waals surface area (Å²) < 4.78 is 11.5. The number of fused-ring (bicyclic) bond motifs is 1. The van der Waals surface area contributed by atoms with Gasteiger partial charge in [0.05, 0.1) is 6.54 Å². The maximum Gasteiger partial charge on any atom is 0.261 e. The minimum absolute atomic E-state index is 0.0955. The molecule has 4 nitrogen and oxygen atoms in total. The summed E-state index contributed by atoms with van der Waals surface area (Å²) in [5, 5.41) is 2.90.